The molecule has 0 fully saturated rings. The van der Waals surface area contributed by atoms with Gasteiger partial charge in [-0.2, -0.15) is 0 Å². The Morgan fingerprint density at radius 3 is 2.39 bits per heavy atom. The lowest BCUT2D eigenvalue weighted by Gasteiger charge is -2.22. The smallest absolute Gasteiger partial charge is 0.244 e. The lowest BCUT2D eigenvalue weighted by Crippen LogP contribution is -2.49. The number of aldehydes is 1. The molecule has 9 heteroatoms. The van der Waals surface area contributed by atoms with Crippen LogP contribution in [0.4, 0.5) is 0 Å². The van der Waals surface area contributed by atoms with Crippen LogP contribution in [0.1, 0.15) is 44.1 Å². The third kappa shape index (κ3) is 11.3. The van der Waals surface area contributed by atoms with Crippen molar-refractivity contribution in [3.05, 3.63) is 35.9 Å². The molecule has 0 aliphatic heterocycles. The van der Waals surface area contributed by atoms with E-state index in [0.717, 1.165) is 37.8 Å². The average molecular weight is 435 g/mol. The van der Waals surface area contributed by atoms with Gasteiger partial charge in [-0.3, -0.25) is 19.6 Å². The van der Waals surface area contributed by atoms with Crippen molar-refractivity contribution in [3.63, 3.8) is 0 Å². The van der Waals surface area contributed by atoms with Crippen LogP contribution in [0.25, 0.3) is 0 Å². The summed E-state index contributed by atoms with van der Waals surface area (Å²) >= 11 is 0. The Hall–Kier alpha value is -2.78. The first-order valence-electron chi connectivity index (χ1n) is 10.6. The van der Waals surface area contributed by atoms with Crippen LogP contribution in [0.15, 0.2) is 30.3 Å². The third-order valence-electron chi connectivity index (χ3n) is 4.92. The van der Waals surface area contributed by atoms with Crippen molar-refractivity contribution in [2.24, 2.45) is 5.92 Å². The molecule has 0 heterocycles. The van der Waals surface area contributed by atoms with Gasteiger partial charge in [0, 0.05) is 32.2 Å². The Morgan fingerprint density at radius 2 is 1.74 bits per heavy atom. The second kappa shape index (κ2) is 16.0. The van der Waals surface area contributed by atoms with Gasteiger partial charge in [0.15, 0.2) is 0 Å². The van der Waals surface area contributed by atoms with E-state index in [4.69, 9.17) is 5.21 Å². The van der Waals surface area contributed by atoms with Crippen LogP contribution in [0.2, 0.25) is 0 Å². The number of hydroxylamine groups is 1. The molecule has 0 saturated carbocycles. The molecule has 0 aliphatic carbocycles. The van der Waals surface area contributed by atoms with Crippen LogP contribution in [0, 0.1) is 5.92 Å². The number of unbranched alkanes of at least 4 members (excludes halogenated alkanes) is 2. The first-order chi connectivity index (χ1) is 15.0. The number of carbonyl (C=O) groups excluding carboxylic acids is 4. The summed E-state index contributed by atoms with van der Waals surface area (Å²) in [7, 11) is 1.51. The molecule has 1 aromatic rings. The largest absolute Gasteiger partial charge is 0.357 e. The van der Waals surface area contributed by atoms with Gasteiger partial charge in [0.2, 0.25) is 17.7 Å². The molecule has 0 aliphatic rings. The highest BCUT2D eigenvalue weighted by atomic mass is 16.5. The Morgan fingerprint density at radius 1 is 1.03 bits per heavy atom. The topological polar surface area (TPSA) is 137 Å². The first kappa shape index (κ1) is 26.3. The van der Waals surface area contributed by atoms with Gasteiger partial charge in [-0.1, -0.05) is 36.8 Å². The second-order valence-electron chi connectivity index (χ2n) is 7.36. The summed E-state index contributed by atoms with van der Waals surface area (Å²) in [5, 5.41) is 17.4. The van der Waals surface area contributed by atoms with E-state index in [1.807, 2.05) is 30.3 Å². The van der Waals surface area contributed by atoms with Crippen molar-refractivity contribution in [1.29, 1.82) is 0 Å². The van der Waals surface area contributed by atoms with E-state index in [1.165, 1.54) is 7.05 Å². The number of carbonyl (C=O) groups is 4. The van der Waals surface area contributed by atoms with Crippen LogP contribution < -0.4 is 21.4 Å². The lowest BCUT2D eigenvalue weighted by atomic mass is 9.95. The number of rotatable bonds is 16. The highest BCUT2D eigenvalue weighted by molar-refractivity contribution is 5.90. The summed E-state index contributed by atoms with van der Waals surface area (Å²) < 4.78 is 0. The molecule has 3 amide bonds. The van der Waals surface area contributed by atoms with E-state index in [-0.39, 0.29) is 12.3 Å². The maximum absolute atomic E-state index is 12.9. The van der Waals surface area contributed by atoms with Gasteiger partial charge in [-0.05, 0) is 37.9 Å². The Kier molecular flexibility index (Phi) is 13.5. The fourth-order valence-corrected chi connectivity index (χ4v) is 3.19. The molecule has 5 N–H and O–H groups in total. The summed E-state index contributed by atoms with van der Waals surface area (Å²) in [5.41, 5.74) is 2.47. The Bertz CT molecular complexity index is 684. The van der Waals surface area contributed by atoms with E-state index in [0.29, 0.717) is 25.7 Å². The zero-order valence-electron chi connectivity index (χ0n) is 18.1. The number of hydrogen-bond acceptors (Lipinski definition) is 6. The Balaban J connectivity index is 2.63. The molecule has 0 saturated heterocycles. The highest BCUT2D eigenvalue weighted by Crippen LogP contribution is 2.14. The quantitative estimate of drug-likeness (QED) is 0.112. The summed E-state index contributed by atoms with van der Waals surface area (Å²) in [6.07, 6.45) is 4.31. The fraction of sp³-hybridized carbons (Fsp3) is 0.545. The maximum atomic E-state index is 12.9. The number of hydrogen-bond donors (Lipinski definition) is 5. The first-order valence-corrected chi connectivity index (χ1v) is 10.6. The molecule has 0 aromatic heterocycles. The summed E-state index contributed by atoms with van der Waals surface area (Å²) in [6, 6.07) is 8.58. The molecule has 1 aromatic carbocycles. The van der Waals surface area contributed by atoms with Gasteiger partial charge < -0.3 is 20.7 Å². The van der Waals surface area contributed by atoms with Crippen LogP contribution in [0.5, 0.6) is 0 Å². The monoisotopic (exact) mass is 434 g/mol. The normalized spacial score (nSPS) is 12.5. The SMILES string of the molecule is CNC(=O)[C@H](Cc1ccccc1)NC(=O)[C@H](CCCCNCCCC=O)CC(=O)NO. The minimum Gasteiger partial charge on any atom is -0.357 e. The van der Waals surface area contributed by atoms with Crippen molar-refractivity contribution in [3.8, 4) is 0 Å². The van der Waals surface area contributed by atoms with E-state index < -0.39 is 23.8 Å². The molecule has 0 spiro atoms. The zero-order valence-corrected chi connectivity index (χ0v) is 18.1. The van der Waals surface area contributed by atoms with Crippen LogP contribution >= 0.6 is 0 Å². The van der Waals surface area contributed by atoms with Crippen molar-refractivity contribution < 1.29 is 24.4 Å². The van der Waals surface area contributed by atoms with E-state index in [1.54, 1.807) is 5.48 Å². The van der Waals surface area contributed by atoms with Crippen molar-refractivity contribution in [1.82, 2.24) is 21.4 Å². The van der Waals surface area contributed by atoms with Gasteiger partial charge in [-0.25, -0.2) is 5.48 Å². The van der Waals surface area contributed by atoms with Crippen molar-refractivity contribution in [2.75, 3.05) is 20.1 Å². The van der Waals surface area contributed by atoms with E-state index in [9.17, 15) is 19.2 Å². The van der Waals surface area contributed by atoms with Gasteiger partial charge in [-0.15, -0.1) is 0 Å². The molecular weight excluding hydrogens is 400 g/mol. The summed E-state index contributed by atoms with van der Waals surface area (Å²) in [6.45, 7) is 1.50. The fourth-order valence-electron chi connectivity index (χ4n) is 3.19. The van der Waals surface area contributed by atoms with Gasteiger partial charge in [0.05, 0.1) is 0 Å². The van der Waals surface area contributed by atoms with Crippen LogP contribution in [0.3, 0.4) is 0 Å². The minimum absolute atomic E-state index is 0.166. The molecule has 0 radical (unpaired) electrons. The van der Waals surface area contributed by atoms with Crippen molar-refractivity contribution in [2.45, 2.75) is 51.0 Å². The molecule has 2 atom stereocenters. The molecule has 1 rings (SSSR count). The standard InChI is InChI=1S/C22H34N4O5/c1-23-22(30)19(15-17-9-3-2-4-10-17)25-21(29)18(16-20(28)26-31)11-5-6-12-24-13-7-8-14-27/h2-4,9-10,14,18-19,24,31H,5-8,11-13,15-16H2,1H3,(H,23,30)(H,25,29)(H,26,28)/t18-,19+/m1/s1. The molecular formula is C22H34N4O5. The van der Waals surface area contributed by atoms with E-state index in [2.05, 4.69) is 16.0 Å². The molecule has 172 valence electrons. The second-order valence-corrected chi connectivity index (χ2v) is 7.36. The minimum atomic E-state index is -0.765. The maximum Gasteiger partial charge on any atom is 0.244 e. The van der Waals surface area contributed by atoms with Gasteiger partial charge in [0.25, 0.3) is 0 Å². The van der Waals surface area contributed by atoms with E-state index >= 15 is 0 Å². The number of nitrogens with one attached hydrogen (secondary N) is 4. The molecule has 9 nitrogen and oxygen atoms in total. The average Bonchev–Trinajstić information content (AvgIpc) is 2.79. The Labute approximate surface area is 183 Å². The van der Waals surface area contributed by atoms with Gasteiger partial charge >= 0.3 is 0 Å². The lowest BCUT2D eigenvalue weighted by molar-refractivity contribution is -0.136. The van der Waals surface area contributed by atoms with Gasteiger partial charge in [0.1, 0.15) is 12.3 Å². The third-order valence-corrected chi connectivity index (χ3v) is 4.92. The molecule has 0 bridgehead atoms. The zero-order chi connectivity index (χ0) is 22.9. The number of benzene rings is 1. The van der Waals surface area contributed by atoms with Crippen molar-refractivity contribution >= 4 is 24.0 Å². The predicted molar refractivity (Wildman–Crippen MR) is 116 cm³/mol. The highest BCUT2D eigenvalue weighted by Gasteiger charge is 2.26. The number of amides is 3. The molecule has 0 unspecified atom stereocenters. The summed E-state index contributed by atoms with van der Waals surface area (Å²) in [5.74, 6) is -2.02. The number of likely N-dealkylation sites (N-methyl/N-ethyl adjacent to an activating group) is 1. The van der Waals surface area contributed by atoms with Crippen LogP contribution in [-0.4, -0.2) is 55.4 Å². The predicted octanol–water partition coefficient (Wildman–Crippen LogP) is 0.711. The molecule has 31 heavy (non-hydrogen) atoms. The van der Waals surface area contributed by atoms with Crippen LogP contribution in [-0.2, 0) is 25.6 Å². The summed E-state index contributed by atoms with van der Waals surface area (Å²) in [4.78, 5) is 47.1.